The lowest BCUT2D eigenvalue weighted by atomic mass is 9.30. The lowest BCUT2D eigenvalue weighted by molar-refractivity contribution is 0.487. The van der Waals surface area contributed by atoms with E-state index in [1.54, 1.807) is 0 Å². The van der Waals surface area contributed by atoms with E-state index in [1.165, 1.54) is 0 Å². The Morgan fingerprint density at radius 2 is 0.667 bits per heavy atom. The van der Waals surface area contributed by atoms with E-state index in [9.17, 15) is 24.7 Å². The molecule has 7 heteroatoms. The molecule has 19 rings (SSSR count). The number of anilines is 9. The second-order valence-corrected chi connectivity index (χ2v) is 35.0. The summed E-state index contributed by atoms with van der Waals surface area (Å²) in [4.78, 5) is 5.97. The van der Waals surface area contributed by atoms with Crippen LogP contribution in [0.5, 0.6) is 11.5 Å². The van der Waals surface area contributed by atoms with E-state index in [2.05, 4.69) is 128 Å². The Morgan fingerprint density at radius 3 is 1.13 bits per heavy atom. The van der Waals surface area contributed by atoms with Gasteiger partial charge in [-0.2, -0.15) is 0 Å². The maximum absolute atomic E-state index is 12.5. The molecule has 0 fully saturated rings. The second-order valence-electron chi connectivity index (χ2n) is 35.0. The van der Waals surface area contributed by atoms with Crippen molar-refractivity contribution in [3.8, 4) is 61.7 Å². The van der Waals surface area contributed by atoms with Gasteiger partial charge in [-0.25, -0.2) is 0 Å². The molecule has 542 valence electrons. The van der Waals surface area contributed by atoms with E-state index in [0.29, 0.717) is 45.0 Å². The summed E-state index contributed by atoms with van der Waals surface area (Å²) >= 11 is 0. The fourth-order valence-corrected chi connectivity index (χ4v) is 16.7. The Kier molecular flexibility index (Phi) is 12.0. The van der Waals surface area contributed by atoms with Crippen molar-refractivity contribution in [2.75, 3.05) is 14.7 Å². The van der Waals surface area contributed by atoms with Gasteiger partial charge in [0.2, 0.25) is 0 Å². The summed E-state index contributed by atoms with van der Waals surface area (Å²) in [6.07, 6.45) is 0. The van der Waals surface area contributed by atoms with Crippen molar-refractivity contribution in [2.45, 2.75) is 131 Å². The first-order valence-corrected chi connectivity index (χ1v) is 38.3. The van der Waals surface area contributed by atoms with E-state index >= 15 is 0 Å². The molecular weight excluding hydrogens is 1340 g/mol. The van der Waals surface area contributed by atoms with Crippen molar-refractivity contribution in [2.24, 2.45) is 0 Å². The molecule has 0 saturated heterocycles. The summed E-state index contributed by atoms with van der Waals surface area (Å²) < 4.78 is 198. The lowest BCUT2D eigenvalue weighted by Gasteiger charge is -2.49. The Labute approximate surface area is 682 Å². The maximum atomic E-state index is 12.5. The molecule has 4 aliphatic rings. The molecule has 0 unspecified atom stereocenters. The number of benzene rings is 14. The first-order chi connectivity index (χ1) is 60.8. The molecule has 5 heterocycles. The third-order valence-electron chi connectivity index (χ3n) is 22.5. The minimum absolute atomic E-state index is 0.0134. The number of nitrogens with zero attached hydrogens (tertiary/aromatic N) is 4. The third-order valence-corrected chi connectivity index (χ3v) is 22.5. The lowest BCUT2D eigenvalue weighted by Crippen LogP contribution is -2.65. The van der Waals surface area contributed by atoms with Gasteiger partial charge in [-0.15, -0.1) is 0 Å². The van der Waals surface area contributed by atoms with Gasteiger partial charge in [-0.05, 0) is 201 Å². The molecule has 0 amide bonds. The molecule has 0 radical (unpaired) electrons. The van der Waals surface area contributed by atoms with Crippen LogP contribution in [0.1, 0.15) is 156 Å². The monoisotopic (exact) mass is 1450 g/mol. The summed E-state index contributed by atoms with van der Waals surface area (Å²) in [6.45, 7) is 27.5. The van der Waals surface area contributed by atoms with Crippen LogP contribution in [0.15, 0.2) is 297 Å². The molecule has 0 bridgehead atoms. The number of para-hydroxylation sites is 3. The SMILES string of the molecule is [2H]c1c([2H])c(C(C)(C)C)c([2H])c2c1B1c3c([2H])c([2H])c(C(C)(C)C)c([2H])c3N(c3ccccc3)c3c([2H])c4c(c(c31)O2)B1c2c(cc(C(C)(C)C)cc2N4c2c(-c3ccccc3)cc(C(C)(C)C)cc2-c2ccccc2)N(c2c(-c3ccccc3)cc(C(C)(C)C)cc2-c2ccccc2)c2c([2H])c(-n3c4c([2H])c([2H])c([2H])c([2H])c4c4c([2H])c([2H])c([2H])c([2H])c43)c([2H])c([2H])c21. The molecule has 0 spiro atoms. The van der Waals surface area contributed by atoms with Crippen molar-refractivity contribution in [1.82, 2.24) is 4.57 Å². The van der Waals surface area contributed by atoms with Gasteiger partial charge < -0.3 is 24.0 Å². The van der Waals surface area contributed by atoms with Gasteiger partial charge in [-0.1, -0.05) is 310 Å². The number of rotatable bonds is 8. The molecule has 5 nitrogen and oxygen atoms in total. The zero-order valence-electron chi connectivity index (χ0n) is 83.2. The highest BCUT2D eigenvalue weighted by Gasteiger charge is 2.52. The number of aromatic nitrogens is 1. The van der Waals surface area contributed by atoms with Gasteiger partial charge in [-0.3, -0.25) is 0 Å². The number of ether oxygens (including phenoxy) is 1. The number of hydrogen-bond donors (Lipinski definition) is 0. The predicted octanol–water partition coefficient (Wildman–Crippen LogP) is 24.4. The summed E-state index contributed by atoms with van der Waals surface area (Å²) in [5.74, 6) is -0.199. The number of hydrogen-bond acceptors (Lipinski definition) is 4. The van der Waals surface area contributed by atoms with Crippen LogP contribution in [-0.2, 0) is 27.1 Å². The molecule has 111 heavy (non-hydrogen) atoms. The van der Waals surface area contributed by atoms with Crippen LogP contribution in [-0.4, -0.2) is 18.0 Å². The summed E-state index contributed by atoms with van der Waals surface area (Å²) in [5.41, 5.74) is 7.05. The van der Waals surface area contributed by atoms with Crippen molar-refractivity contribution in [3.05, 3.63) is 325 Å². The Hall–Kier alpha value is -11.8. The maximum Gasteiger partial charge on any atom is 0.256 e. The normalized spacial score (nSPS) is 16.0. The molecule has 0 N–H and O–H groups in total. The van der Waals surface area contributed by atoms with Crippen LogP contribution in [0.2, 0.25) is 0 Å². The second kappa shape index (κ2) is 25.4. The minimum atomic E-state index is -1.54. The molecular formula is C104H94B2N4O. The highest BCUT2D eigenvalue weighted by molar-refractivity contribution is 7.03. The van der Waals surface area contributed by atoms with E-state index < -0.39 is 113 Å². The molecule has 0 saturated carbocycles. The van der Waals surface area contributed by atoms with Crippen LogP contribution >= 0.6 is 0 Å². The topological polar surface area (TPSA) is 23.9 Å². The average molecular weight is 1460 g/mol. The Bertz CT molecular complexity index is 7200. The molecule has 4 aliphatic heterocycles. The van der Waals surface area contributed by atoms with Crippen molar-refractivity contribution in [1.29, 1.82) is 0 Å². The molecule has 0 aliphatic carbocycles. The van der Waals surface area contributed by atoms with Gasteiger partial charge in [0.25, 0.3) is 13.4 Å². The van der Waals surface area contributed by atoms with Crippen LogP contribution in [0.3, 0.4) is 0 Å². The highest BCUT2D eigenvalue weighted by Crippen LogP contribution is 2.58. The van der Waals surface area contributed by atoms with Crippen LogP contribution in [0.4, 0.5) is 51.2 Å². The van der Waals surface area contributed by atoms with Crippen LogP contribution < -0.4 is 52.2 Å². The van der Waals surface area contributed by atoms with Crippen molar-refractivity contribution >= 4 is 119 Å². The van der Waals surface area contributed by atoms with Gasteiger partial charge in [0, 0.05) is 78.5 Å². The fourth-order valence-electron chi connectivity index (χ4n) is 16.7. The molecule has 14 aromatic carbocycles. The van der Waals surface area contributed by atoms with Crippen LogP contribution in [0.25, 0.3) is 72.0 Å². The van der Waals surface area contributed by atoms with Gasteiger partial charge in [0.15, 0.2) is 0 Å². The average Bonchev–Trinajstić information content (AvgIpc) is 0.909. The molecule has 1 aromatic heterocycles. The third kappa shape index (κ3) is 11.3. The van der Waals surface area contributed by atoms with E-state index in [-0.39, 0.29) is 137 Å². The quantitative estimate of drug-likeness (QED) is 0.142. The van der Waals surface area contributed by atoms with E-state index in [0.717, 1.165) is 54.6 Å². The highest BCUT2D eigenvalue weighted by atomic mass is 16.5. The van der Waals surface area contributed by atoms with E-state index in [1.807, 2.05) is 179 Å². The van der Waals surface area contributed by atoms with Crippen LogP contribution in [0, 0.1) is 0 Å². The standard InChI is InChI=1S/C104H94B2N4O/c1-100(2,3)69-49-52-82-87(59-69)107(74-43-29-20-30-44-74)91-64-92-96(99-95(91)105(82)84-53-50-70(101(4,5)6)62-93(84)111-99)106-83-54-51-75(108-85-47-33-31-45-76(85)77-46-32-34-48-86(77)108)63-88(83)109(97-78(65-35-21-16-22-36-65)55-71(102(7,8)9)56-79(97)66-37-23-17-24-38-66)89-60-73(104(13,14)15)61-90(94(89)106)110(92)98-80(67-39-25-18-26-40-67)57-72(103(10,11)12)58-81(98)68-41-27-19-28-42-68/h16-64H,1-15H3/i31D,32D,33D,34D,45D,46D,47D,48D,49D,50D,51D,52D,53D,54D,59D,62D,63D,64D. The molecule has 0 atom stereocenters. The zero-order chi connectivity index (χ0) is 92.2. The van der Waals surface area contributed by atoms with Gasteiger partial charge >= 0.3 is 0 Å². The van der Waals surface area contributed by atoms with Gasteiger partial charge in [0.05, 0.1) is 47.1 Å². The van der Waals surface area contributed by atoms with Crippen molar-refractivity contribution < 1.29 is 29.4 Å². The summed E-state index contributed by atoms with van der Waals surface area (Å²) in [7, 11) is 0. The summed E-state index contributed by atoms with van der Waals surface area (Å²) in [6, 6.07) is 52.9. The first-order valence-electron chi connectivity index (χ1n) is 47.3. The van der Waals surface area contributed by atoms with E-state index in [4.69, 9.17) is 4.74 Å². The summed E-state index contributed by atoms with van der Waals surface area (Å²) in [5, 5.41) is -0.626. The smallest absolute Gasteiger partial charge is 0.256 e. The Balaban J connectivity index is 1.13. The largest absolute Gasteiger partial charge is 0.459 e. The molecule has 15 aromatic rings. The zero-order valence-corrected chi connectivity index (χ0v) is 65.2. The van der Waals surface area contributed by atoms with Crippen molar-refractivity contribution in [3.63, 3.8) is 0 Å². The predicted molar refractivity (Wildman–Crippen MR) is 476 cm³/mol. The first kappa shape index (κ1) is 52.3. The van der Waals surface area contributed by atoms with Gasteiger partial charge in [0.1, 0.15) is 11.5 Å². The number of fused-ring (bicyclic) bond motifs is 12. The Morgan fingerprint density at radius 1 is 0.297 bits per heavy atom. The fraction of sp³-hybridized carbons (Fsp3) is 0.192. The minimum Gasteiger partial charge on any atom is -0.459 e.